The number of nitrogens with zero attached hydrogens (tertiary/aromatic N) is 4. The van der Waals surface area contributed by atoms with Gasteiger partial charge in [0.05, 0.1) is 32.1 Å². The van der Waals surface area contributed by atoms with Crippen molar-refractivity contribution < 1.29 is 18.7 Å². The third kappa shape index (κ3) is 8.71. The van der Waals surface area contributed by atoms with E-state index in [4.69, 9.17) is 21.1 Å². The van der Waals surface area contributed by atoms with E-state index in [0.717, 1.165) is 39.1 Å². The number of aromatic nitrogens is 2. The Morgan fingerprint density at radius 3 is 2.84 bits per heavy atom. The predicted molar refractivity (Wildman–Crippen MR) is 144 cm³/mol. The Kier molecular flexibility index (Phi) is 11.6. The Morgan fingerprint density at radius 1 is 1.30 bits per heavy atom. The van der Waals surface area contributed by atoms with Crippen molar-refractivity contribution in [2.24, 2.45) is 4.99 Å². The lowest BCUT2D eigenvalue weighted by Crippen LogP contribution is -2.37. The summed E-state index contributed by atoms with van der Waals surface area (Å²) in [6.45, 7) is 6.40. The number of allylic oxidation sites excluding steroid dienone is 2. The number of nitrogens with one attached hydrogen (secondary N) is 2. The molecule has 0 saturated carbocycles. The van der Waals surface area contributed by atoms with Gasteiger partial charge in [-0.05, 0) is 50.8 Å². The molecule has 0 amide bonds. The number of benzene rings is 1. The van der Waals surface area contributed by atoms with E-state index < -0.39 is 5.82 Å². The lowest BCUT2D eigenvalue weighted by atomic mass is 10.1. The zero-order valence-corrected chi connectivity index (χ0v) is 21.8. The summed E-state index contributed by atoms with van der Waals surface area (Å²) >= 11 is 5.94. The van der Waals surface area contributed by atoms with Gasteiger partial charge in [0.15, 0.2) is 17.4 Å². The molecule has 2 aromatic rings. The summed E-state index contributed by atoms with van der Waals surface area (Å²) in [4.78, 5) is 26.3. The van der Waals surface area contributed by atoms with E-state index in [2.05, 4.69) is 30.5 Å². The molecule has 1 aromatic carbocycles. The summed E-state index contributed by atoms with van der Waals surface area (Å²) in [5.41, 5.74) is 1.18. The van der Waals surface area contributed by atoms with E-state index in [-0.39, 0.29) is 17.2 Å². The van der Waals surface area contributed by atoms with Crippen molar-refractivity contribution in [1.29, 1.82) is 0 Å². The fourth-order valence-electron chi connectivity index (χ4n) is 3.62. The summed E-state index contributed by atoms with van der Waals surface area (Å²) in [5, 5.41) is 6.55. The van der Waals surface area contributed by atoms with Crippen molar-refractivity contribution in [3.05, 3.63) is 58.8 Å². The molecule has 1 fully saturated rings. The molecule has 2 aliphatic rings. The number of methoxy groups -OCH3 is 1. The van der Waals surface area contributed by atoms with E-state index >= 15 is 0 Å². The van der Waals surface area contributed by atoms with Crippen molar-refractivity contribution in [3.63, 3.8) is 0 Å². The van der Waals surface area contributed by atoms with Crippen LogP contribution in [0.5, 0.6) is 5.75 Å². The van der Waals surface area contributed by atoms with Gasteiger partial charge in [-0.3, -0.25) is 14.7 Å². The number of hydrogen-bond donors (Lipinski definition) is 2. The van der Waals surface area contributed by atoms with Crippen LogP contribution >= 0.6 is 11.6 Å². The zero-order valence-electron chi connectivity index (χ0n) is 21.0. The first-order valence-corrected chi connectivity index (χ1v) is 12.4. The minimum absolute atomic E-state index is 0.135. The maximum Gasteiger partial charge on any atom is 0.179 e. The number of anilines is 1. The lowest BCUT2D eigenvalue weighted by molar-refractivity contribution is -0.105. The van der Waals surface area contributed by atoms with Crippen LogP contribution in [0.3, 0.4) is 0 Å². The second-order valence-corrected chi connectivity index (χ2v) is 8.62. The van der Waals surface area contributed by atoms with E-state index in [1.807, 2.05) is 7.05 Å². The average molecular weight is 531 g/mol. The molecule has 0 spiro atoms. The second-order valence-electron chi connectivity index (χ2n) is 8.18. The van der Waals surface area contributed by atoms with Crippen LogP contribution in [0.1, 0.15) is 12.8 Å². The van der Waals surface area contributed by atoms with Crippen LogP contribution in [0.4, 0.5) is 10.2 Å². The highest BCUT2D eigenvalue weighted by atomic mass is 35.5. The van der Waals surface area contributed by atoms with Gasteiger partial charge in [0, 0.05) is 48.2 Å². The van der Waals surface area contributed by atoms with Crippen LogP contribution < -0.4 is 15.4 Å². The van der Waals surface area contributed by atoms with Gasteiger partial charge >= 0.3 is 0 Å². The van der Waals surface area contributed by atoms with Crippen LogP contribution in [-0.2, 0) is 9.53 Å². The fraction of sp³-hybridized carbons (Fsp3) is 0.385. The molecular formula is C26H32ClFN6O3. The number of aldehydes is 1. The van der Waals surface area contributed by atoms with Crippen molar-refractivity contribution in [3.8, 4) is 17.1 Å². The fourth-order valence-corrected chi connectivity index (χ4v) is 3.79. The van der Waals surface area contributed by atoms with Crippen LogP contribution in [0.15, 0.2) is 52.9 Å². The summed E-state index contributed by atoms with van der Waals surface area (Å²) < 4.78 is 24.6. The number of carbonyl (C=O) groups excluding carboxylic acids is 1. The monoisotopic (exact) mass is 530 g/mol. The molecule has 2 N–H and O–H groups in total. The van der Waals surface area contributed by atoms with E-state index in [1.54, 1.807) is 18.5 Å². The SMILES string of the molecule is CNCCCN1CCOCC1.COc1cnc(-c2cc(Cl)ccc2F)nc1NC1=C(C=O)CC=NC=C1. The normalized spacial score (nSPS) is 15.6. The highest BCUT2D eigenvalue weighted by Gasteiger charge is 2.15. The van der Waals surface area contributed by atoms with Gasteiger partial charge in [-0.25, -0.2) is 14.4 Å². The Hall–Kier alpha value is -3.18. The number of ether oxygens (including phenoxy) is 2. The molecule has 4 rings (SSSR count). The van der Waals surface area contributed by atoms with Crippen molar-refractivity contribution >= 4 is 29.9 Å². The van der Waals surface area contributed by atoms with Crippen molar-refractivity contribution in [2.45, 2.75) is 12.8 Å². The Labute approximate surface area is 221 Å². The Balaban J connectivity index is 0.000000289. The van der Waals surface area contributed by atoms with Crippen LogP contribution in [0.25, 0.3) is 11.4 Å². The van der Waals surface area contributed by atoms with Gasteiger partial charge in [-0.1, -0.05) is 11.6 Å². The maximum atomic E-state index is 14.1. The highest BCUT2D eigenvalue weighted by Crippen LogP contribution is 2.29. The van der Waals surface area contributed by atoms with E-state index in [9.17, 15) is 9.18 Å². The minimum Gasteiger partial charge on any atom is -0.491 e. The Bertz CT molecular complexity index is 1140. The molecule has 9 nitrogen and oxygen atoms in total. The van der Waals surface area contributed by atoms with Crippen molar-refractivity contribution in [1.82, 2.24) is 20.2 Å². The third-order valence-corrected chi connectivity index (χ3v) is 5.87. The molecule has 37 heavy (non-hydrogen) atoms. The highest BCUT2D eigenvalue weighted by molar-refractivity contribution is 6.30. The quantitative estimate of drug-likeness (QED) is 0.374. The topological polar surface area (TPSA) is 101 Å². The lowest BCUT2D eigenvalue weighted by Gasteiger charge is -2.26. The third-order valence-electron chi connectivity index (χ3n) is 5.63. The van der Waals surface area contributed by atoms with Gasteiger partial charge in [0.1, 0.15) is 12.1 Å². The standard InChI is InChI=1S/C18H14ClFN4O2.C8H18N2O/c1-26-16-9-22-17(13-8-12(19)2-3-14(13)20)24-18(16)23-15-5-7-21-6-4-11(15)10-25;1-9-3-2-4-10-5-7-11-8-6-10/h2-3,5-10H,4H2,1H3,(H,22,23,24);9H,2-8H2,1H3. The minimum atomic E-state index is -0.499. The van der Waals surface area contributed by atoms with Crippen LogP contribution in [0, 0.1) is 5.82 Å². The van der Waals surface area contributed by atoms with Gasteiger partial charge in [0.25, 0.3) is 0 Å². The number of aliphatic imine (C=N–C) groups is 1. The summed E-state index contributed by atoms with van der Waals surface area (Å²) in [5.74, 6) is 0.266. The van der Waals surface area contributed by atoms with Crippen molar-refractivity contribution in [2.75, 3.05) is 58.9 Å². The number of morpholine rings is 1. The second kappa shape index (κ2) is 15.2. The van der Waals surface area contributed by atoms with Crippen LogP contribution in [-0.4, -0.2) is 80.9 Å². The summed E-state index contributed by atoms with van der Waals surface area (Å²) in [6.07, 6.45) is 8.62. The van der Waals surface area contributed by atoms with Gasteiger partial charge in [-0.2, -0.15) is 0 Å². The number of hydrogen-bond acceptors (Lipinski definition) is 9. The number of rotatable bonds is 9. The first-order chi connectivity index (χ1) is 18.0. The molecule has 11 heteroatoms. The molecule has 1 saturated heterocycles. The smallest absolute Gasteiger partial charge is 0.179 e. The average Bonchev–Trinajstić information content (AvgIpc) is 3.16. The van der Waals surface area contributed by atoms with Gasteiger partial charge in [0.2, 0.25) is 0 Å². The molecule has 2 aliphatic heterocycles. The predicted octanol–water partition coefficient (Wildman–Crippen LogP) is 3.73. The molecule has 0 aliphatic carbocycles. The largest absolute Gasteiger partial charge is 0.491 e. The molecule has 1 aromatic heterocycles. The number of halogens is 2. The molecule has 198 valence electrons. The van der Waals surface area contributed by atoms with E-state index in [1.165, 1.54) is 44.5 Å². The molecular weight excluding hydrogens is 499 g/mol. The molecule has 0 unspecified atom stereocenters. The first kappa shape index (κ1) is 28.4. The van der Waals surface area contributed by atoms with Gasteiger partial charge < -0.3 is 20.1 Å². The number of carbonyl (C=O) groups is 1. The summed E-state index contributed by atoms with van der Waals surface area (Å²) in [6, 6.07) is 4.13. The zero-order chi connectivity index (χ0) is 26.5. The molecule has 3 heterocycles. The first-order valence-electron chi connectivity index (χ1n) is 12.0. The maximum absolute atomic E-state index is 14.1. The van der Waals surface area contributed by atoms with E-state index in [0.29, 0.717) is 28.5 Å². The molecule has 0 bridgehead atoms. The molecule has 0 radical (unpaired) electrons. The summed E-state index contributed by atoms with van der Waals surface area (Å²) in [7, 11) is 3.46. The molecule has 0 atom stereocenters. The van der Waals surface area contributed by atoms with Crippen LogP contribution in [0.2, 0.25) is 5.02 Å². The van der Waals surface area contributed by atoms with Gasteiger partial charge in [-0.15, -0.1) is 0 Å². The Morgan fingerprint density at radius 2 is 2.11 bits per heavy atom.